The summed E-state index contributed by atoms with van der Waals surface area (Å²) in [6, 6.07) is 0. The van der Waals surface area contributed by atoms with Crippen molar-refractivity contribution < 1.29 is 4.74 Å². The molecule has 0 aliphatic heterocycles. The van der Waals surface area contributed by atoms with Gasteiger partial charge in [-0.15, -0.1) is 6.58 Å². The van der Waals surface area contributed by atoms with Crippen molar-refractivity contribution in [2.45, 2.75) is 0 Å². The van der Waals surface area contributed by atoms with E-state index < -0.39 is 5.41 Å². The summed E-state index contributed by atoms with van der Waals surface area (Å²) in [7, 11) is 0. The van der Waals surface area contributed by atoms with Gasteiger partial charge in [-0.1, -0.05) is 6.08 Å². The van der Waals surface area contributed by atoms with Crippen LogP contribution >= 0.6 is 0 Å². The Bertz CT molecular complexity index is 79.1. The Morgan fingerprint density at radius 1 is 1.33 bits per heavy atom. The van der Waals surface area contributed by atoms with Crippen molar-refractivity contribution in [3.63, 3.8) is 0 Å². The molecule has 0 N–H and O–H groups in total. The average Bonchev–Trinajstić information content (AvgIpc) is 1.63. The molecule has 0 heterocycles. The highest BCUT2D eigenvalue weighted by Gasteiger charge is 2.09. The number of hydrogen-bond donors (Lipinski definition) is 0. The Hall–Kier alpha value is -0.300. The van der Waals surface area contributed by atoms with E-state index >= 15 is 0 Å². The SMILES string of the molecule is [CH2]C([CH2])([CH2])COCC=C. The van der Waals surface area contributed by atoms with Crippen LogP contribution in [-0.4, -0.2) is 13.2 Å². The molecule has 3 radical (unpaired) electrons. The van der Waals surface area contributed by atoms with Crippen molar-refractivity contribution >= 4 is 0 Å². The first-order chi connectivity index (χ1) is 4.06. The highest BCUT2D eigenvalue weighted by molar-refractivity contribution is 4.86. The summed E-state index contributed by atoms with van der Waals surface area (Å²) < 4.78 is 5.04. The van der Waals surface area contributed by atoms with Gasteiger partial charge in [-0.05, 0) is 26.2 Å². The number of rotatable bonds is 4. The standard InChI is InChI=1S/C8H13O/c1-5-6-9-7-8(2,3)4/h5H,1-4,6-7H2. The van der Waals surface area contributed by atoms with Gasteiger partial charge in [-0.25, -0.2) is 0 Å². The van der Waals surface area contributed by atoms with E-state index in [-0.39, 0.29) is 0 Å². The zero-order valence-electron chi connectivity index (χ0n) is 5.73. The Kier molecular flexibility index (Phi) is 3.55. The molecule has 0 atom stereocenters. The van der Waals surface area contributed by atoms with Gasteiger partial charge < -0.3 is 4.74 Å². The molecule has 0 aliphatic rings. The van der Waals surface area contributed by atoms with Crippen LogP contribution in [-0.2, 0) is 4.74 Å². The molecule has 0 spiro atoms. The van der Waals surface area contributed by atoms with E-state index in [1.54, 1.807) is 6.08 Å². The third-order valence-electron chi connectivity index (χ3n) is 0.644. The number of ether oxygens (including phenoxy) is 1. The smallest absolute Gasteiger partial charge is 0.0645 e. The fraction of sp³-hybridized carbons (Fsp3) is 0.375. The van der Waals surface area contributed by atoms with Crippen LogP contribution in [0.5, 0.6) is 0 Å². The molecule has 0 aromatic carbocycles. The molecule has 0 aromatic rings. The quantitative estimate of drug-likeness (QED) is 0.410. The van der Waals surface area contributed by atoms with Gasteiger partial charge in [0, 0.05) is 0 Å². The third-order valence-corrected chi connectivity index (χ3v) is 0.644. The van der Waals surface area contributed by atoms with Crippen molar-refractivity contribution in [1.82, 2.24) is 0 Å². The number of hydrogen-bond acceptors (Lipinski definition) is 1. The molecule has 0 rings (SSSR count). The van der Waals surface area contributed by atoms with Gasteiger partial charge in [-0.3, -0.25) is 0 Å². The molecule has 0 bridgehead atoms. The van der Waals surface area contributed by atoms with Gasteiger partial charge in [0.05, 0.1) is 13.2 Å². The van der Waals surface area contributed by atoms with Gasteiger partial charge >= 0.3 is 0 Å². The predicted octanol–water partition coefficient (Wildman–Crippen LogP) is 1.68. The van der Waals surface area contributed by atoms with E-state index in [1.807, 2.05) is 0 Å². The first-order valence-electron chi connectivity index (χ1n) is 2.81. The fourth-order valence-electron chi connectivity index (χ4n) is 0.359. The summed E-state index contributed by atoms with van der Waals surface area (Å²) in [4.78, 5) is 0. The van der Waals surface area contributed by atoms with Gasteiger partial charge in [0.1, 0.15) is 0 Å². The maximum atomic E-state index is 5.04. The minimum absolute atomic E-state index is 0.469. The first-order valence-corrected chi connectivity index (χ1v) is 2.81. The molecule has 0 amide bonds. The van der Waals surface area contributed by atoms with Gasteiger partial charge in [-0.2, -0.15) is 0 Å². The molecule has 0 aliphatic carbocycles. The average molecular weight is 125 g/mol. The Labute approximate surface area is 57.7 Å². The highest BCUT2D eigenvalue weighted by atomic mass is 16.5. The van der Waals surface area contributed by atoms with Crippen LogP contribution in [0.15, 0.2) is 12.7 Å². The van der Waals surface area contributed by atoms with Crippen LogP contribution in [0.25, 0.3) is 0 Å². The highest BCUT2D eigenvalue weighted by Crippen LogP contribution is 2.10. The van der Waals surface area contributed by atoms with Gasteiger partial charge in [0.2, 0.25) is 0 Å². The monoisotopic (exact) mass is 125 g/mol. The second-order valence-electron chi connectivity index (χ2n) is 2.30. The fourth-order valence-corrected chi connectivity index (χ4v) is 0.359. The Morgan fingerprint density at radius 3 is 2.22 bits per heavy atom. The summed E-state index contributed by atoms with van der Waals surface area (Å²) >= 11 is 0. The van der Waals surface area contributed by atoms with Crippen LogP contribution in [0.4, 0.5) is 0 Å². The lowest BCUT2D eigenvalue weighted by atomic mass is 9.99. The minimum Gasteiger partial charge on any atom is -0.377 e. The second kappa shape index (κ2) is 3.67. The van der Waals surface area contributed by atoms with Crippen molar-refractivity contribution in [3.05, 3.63) is 33.4 Å². The molecular weight excluding hydrogens is 112 g/mol. The molecular formula is C8H13O. The Morgan fingerprint density at radius 2 is 1.89 bits per heavy atom. The van der Waals surface area contributed by atoms with Crippen LogP contribution in [0.1, 0.15) is 0 Å². The summed E-state index contributed by atoms with van der Waals surface area (Å²) in [5.74, 6) is 0. The minimum atomic E-state index is -0.469. The molecule has 0 saturated heterocycles. The third kappa shape index (κ3) is 7.70. The van der Waals surface area contributed by atoms with Crippen LogP contribution < -0.4 is 0 Å². The van der Waals surface area contributed by atoms with E-state index in [0.717, 1.165) is 0 Å². The summed E-state index contributed by atoms with van der Waals surface area (Å²) in [6.07, 6.45) is 1.69. The normalized spacial score (nSPS) is 11.4. The van der Waals surface area contributed by atoms with E-state index in [9.17, 15) is 0 Å². The van der Waals surface area contributed by atoms with Crippen molar-refractivity contribution in [1.29, 1.82) is 0 Å². The van der Waals surface area contributed by atoms with Crippen LogP contribution in [0, 0.1) is 26.2 Å². The molecule has 0 fully saturated rings. The van der Waals surface area contributed by atoms with Crippen LogP contribution in [0.3, 0.4) is 0 Å². The van der Waals surface area contributed by atoms with Crippen molar-refractivity contribution in [2.75, 3.05) is 13.2 Å². The van der Waals surface area contributed by atoms with Gasteiger partial charge in [0.15, 0.2) is 0 Å². The first kappa shape index (κ1) is 8.70. The molecule has 0 unspecified atom stereocenters. The molecule has 1 heteroatoms. The molecule has 1 nitrogen and oxygen atoms in total. The van der Waals surface area contributed by atoms with E-state index in [1.165, 1.54) is 0 Å². The molecule has 51 valence electrons. The maximum absolute atomic E-state index is 5.04. The van der Waals surface area contributed by atoms with Crippen molar-refractivity contribution in [2.24, 2.45) is 5.41 Å². The lowest BCUT2D eigenvalue weighted by molar-refractivity contribution is 0.125. The van der Waals surface area contributed by atoms with E-state index in [2.05, 4.69) is 27.4 Å². The van der Waals surface area contributed by atoms with E-state index in [4.69, 9.17) is 4.74 Å². The largest absolute Gasteiger partial charge is 0.377 e. The topological polar surface area (TPSA) is 9.23 Å². The van der Waals surface area contributed by atoms with E-state index in [0.29, 0.717) is 13.2 Å². The summed E-state index contributed by atoms with van der Waals surface area (Å²) in [5.41, 5.74) is -0.469. The van der Waals surface area contributed by atoms with Crippen LogP contribution in [0.2, 0.25) is 0 Å². The zero-order chi connectivity index (χ0) is 7.33. The molecule has 0 saturated carbocycles. The van der Waals surface area contributed by atoms with Gasteiger partial charge in [0.25, 0.3) is 0 Å². The zero-order valence-corrected chi connectivity index (χ0v) is 5.73. The predicted molar refractivity (Wildman–Crippen MR) is 39.5 cm³/mol. The lowest BCUT2D eigenvalue weighted by Gasteiger charge is -2.16. The molecule has 9 heavy (non-hydrogen) atoms. The maximum Gasteiger partial charge on any atom is 0.0645 e. The Balaban J connectivity index is 3.17. The molecule has 0 aromatic heterocycles. The van der Waals surface area contributed by atoms with Crippen molar-refractivity contribution in [3.8, 4) is 0 Å². The lowest BCUT2D eigenvalue weighted by Crippen LogP contribution is -2.15. The second-order valence-corrected chi connectivity index (χ2v) is 2.30. The summed E-state index contributed by atoms with van der Waals surface area (Å²) in [6.45, 7) is 15.5. The summed E-state index contributed by atoms with van der Waals surface area (Å²) in [5, 5.41) is 0.